The van der Waals surface area contributed by atoms with Crippen molar-refractivity contribution in [2.45, 2.75) is 6.54 Å². The normalized spacial score (nSPS) is 11.1. The number of hydrogen-bond acceptors (Lipinski definition) is 4. The molecule has 2 heterocycles. The van der Waals surface area contributed by atoms with Crippen molar-refractivity contribution < 1.29 is 9.90 Å². The Labute approximate surface area is 130 Å². The molecule has 4 aromatic rings. The second-order valence-corrected chi connectivity index (χ2v) is 5.28. The molecule has 0 radical (unpaired) electrons. The van der Waals surface area contributed by atoms with Crippen molar-refractivity contribution in [1.82, 2.24) is 20.4 Å². The number of fused-ring (bicyclic) bond motifs is 2. The fourth-order valence-electron chi connectivity index (χ4n) is 2.59. The molecule has 7 heteroatoms. The zero-order valence-electron chi connectivity index (χ0n) is 12.0. The van der Waals surface area contributed by atoms with Crippen LogP contribution in [-0.2, 0) is 6.54 Å². The van der Waals surface area contributed by atoms with E-state index in [0.717, 1.165) is 22.2 Å². The minimum absolute atomic E-state index is 0.0382. The lowest BCUT2D eigenvalue weighted by molar-refractivity contribution is 0.0692. The summed E-state index contributed by atoms with van der Waals surface area (Å²) in [7, 11) is 0. The second kappa shape index (κ2) is 5.13. The molecule has 4 N–H and O–H groups in total. The van der Waals surface area contributed by atoms with Crippen LogP contribution in [0.4, 0.5) is 5.69 Å². The first-order valence-corrected chi connectivity index (χ1v) is 7.08. The third-order valence-corrected chi connectivity index (χ3v) is 3.77. The average Bonchev–Trinajstić information content (AvgIpc) is 3.18. The summed E-state index contributed by atoms with van der Waals surface area (Å²) in [5.74, 6) is -1.04. The molecule has 0 unspecified atom stereocenters. The smallest absolute Gasteiger partial charge is 0.357 e. The van der Waals surface area contributed by atoms with Crippen molar-refractivity contribution in [3.05, 3.63) is 53.9 Å². The number of carboxylic acid groups (broad SMARTS) is 1. The van der Waals surface area contributed by atoms with Crippen LogP contribution in [0.1, 0.15) is 16.1 Å². The number of H-pyrrole nitrogens is 2. The van der Waals surface area contributed by atoms with Crippen molar-refractivity contribution in [3.8, 4) is 0 Å². The van der Waals surface area contributed by atoms with E-state index in [1.807, 2.05) is 30.3 Å². The van der Waals surface area contributed by atoms with Gasteiger partial charge in [-0.1, -0.05) is 12.1 Å². The summed E-state index contributed by atoms with van der Waals surface area (Å²) < 4.78 is 0. The Kier molecular flexibility index (Phi) is 2.97. The average molecular weight is 307 g/mol. The van der Waals surface area contributed by atoms with Crippen LogP contribution in [0.15, 0.2) is 42.6 Å². The van der Waals surface area contributed by atoms with Crippen LogP contribution in [0.2, 0.25) is 0 Å². The van der Waals surface area contributed by atoms with Gasteiger partial charge in [-0.3, -0.25) is 10.2 Å². The molecule has 4 rings (SSSR count). The van der Waals surface area contributed by atoms with Crippen LogP contribution in [0.5, 0.6) is 0 Å². The van der Waals surface area contributed by atoms with Gasteiger partial charge in [-0.05, 0) is 29.8 Å². The Morgan fingerprint density at radius 1 is 1.13 bits per heavy atom. The van der Waals surface area contributed by atoms with Crippen LogP contribution in [0, 0.1) is 0 Å². The fraction of sp³-hybridized carbons (Fsp3) is 0.0625. The second-order valence-electron chi connectivity index (χ2n) is 5.28. The lowest BCUT2D eigenvalue weighted by Crippen LogP contribution is -1.99. The number of carbonyl (C=O) groups is 1. The molecular weight excluding hydrogens is 294 g/mol. The van der Waals surface area contributed by atoms with Crippen LogP contribution in [0.25, 0.3) is 21.8 Å². The molecule has 0 aliphatic heterocycles. The number of aromatic nitrogens is 4. The molecule has 2 aromatic carbocycles. The van der Waals surface area contributed by atoms with Crippen molar-refractivity contribution in [2.75, 3.05) is 5.32 Å². The molecule has 114 valence electrons. The van der Waals surface area contributed by atoms with Crippen LogP contribution < -0.4 is 5.32 Å². The number of aromatic carboxylic acids is 1. The summed E-state index contributed by atoms with van der Waals surface area (Å²) in [6.45, 7) is 0.653. The molecule has 0 aliphatic carbocycles. The topological polar surface area (TPSA) is 107 Å². The first-order chi connectivity index (χ1) is 11.2. The van der Waals surface area contributed by atoms with Gasteiger partial charge in [0.05, 0.1) is 17.2 Å². The van der Waals surface area contributed by atoms with Crippen molar-refractivity contribution in [2.24, 2.45) is 0 Å². The maximum atomic E-state index is 11.1. The van der Waals surface area contributed by atoms with E-state index >= 15 is 0 Å². The summed E-state index contributed by atoms with van der Waals surface area (Å²) in [6, 6.07) is 11.6. The van der Waals surface area contributed by atoms with Gasteiger partial charge in [0.15, 0.2) is 5.69 Å². The van der Waals surface area contributed by atoms with Gasteiger partial charge in [0.1, 0.15) is 0 Å². The predicted molar refractivity (Wildman–Crippen MR) is 86.5 cm³/mol. The molecule has 0 amide bonds. The molecule has 0 atom stereocenters. The number of rotatable bonds is 4. The number of hydrogen-bond donors (Lipinski definition) is 4. The first kappa shape index (κ1) is 13.3. The van der Waals surface area contributed by atoms with Crippen LogP contribution >= 0.6 is 0 Å². The Balaban J connectivity index is 1.56. The van der Waals surface area contributed by atoms with Crippen molar-refractivity contribution >= 4 is 33.5 Å². The van der Waals surface area contributed by atoms with E-state index in [-0.39, 0.29) is 5.69 Å². The standard InChI is InChI=1S/C16H13N5O2/c22-16(23)15-12-4-3-11(6-14(12)20-21-15)17-7-9-1-2-10-8-18-19-13(10)5-9/h1-6,8,17H,7H2,(H,18,19)(H,20,21)(H,22,23). The monoisotopic (exact) mass is 307 g/mol. The van der Waals surface area contributed by atoms with E-state index in [9.17, 15) is 4.79 Å². The molecule has 0 spiro atoms. The highest BCUT2D eigenvalue weighted by atomic mass is 16.4. The summed E-state index contributed by atoms with van der Waals surface area (Å²) in [4.78, 5) is 11.1. The van der Waals surface area contributed by atoms with Gasteiger partial charge in [-0.15, -0.1) is 0 Å². The minimum atomic E-state index is -1.04. The van der Waals surface area contributed by atoms with Gasteiger partial charge in [-0.2, -0.15) is 10.2 Å². The highest BCUT2D eigenvalue weighted by molar-refractivity contribution is 6.01. The Hall–Kier alpha value is -3.35. The van der Waals surface area contributed by atoms with E-state index in [0.29, 0.717) is 17.4 Å². The number of nitrogens with one attached hydrogen (secondary N) is 3. The lowest BCUT2D eigenvalue weighted by atomic mass is 10.1. The highest BCUT2D eigenvalue weighted by Gasteiger charge is 2.12. The van der Waals surface area contributed by atoms with E-state index in [4.69, 9.17) is 5.11 Å². The predicted octanol–water partition coefficient (Wildman–Crippen LogP) is 2.75. The van der Waals surface area contributed by atoms with Gasteiger partial charge >= 0.3 is 5.97 Å². The van der Waals surface area contributed by atoms with Gasteiger partial charge in [0.2, 0.25) is 0 Å². The summed E-state index contributed by atoms with van der Waals surface area (Å²) >= 11 is 0. The molecule has 23 heavy (non-hydrogen) atoms. The zero-order valence-corrected chi connectivity index (χ0v) is 12.0. The van der Waals surface area contributed by atoms with E-state index in [1.54, 1.807) is 12.3 Å². The minimum Gasteiger partial charge on any atom is -0.476 e. The Morgan fingerprint density at radius 2 is 2.04 bits per heavy atom. The van der Waals surface area contributed by atoms with Gasteiger partial charge in [-0.25, -0.2) is 4.79 Å². The maximum Gasteiger partial charge on any atom is 0.357 e. The largest absolute Gasteiger partial charge is 0.476 e. The molecule has 0 aliphatic rings. The van der Waals surface area contributed by atoms with Gasteiger partial charge in [0.25, 0.3) is 0 Å². The fourth-order valence-corrected chi connectivity index (χ4v) is 2.59. The molecule has 0 bridgehead atoms. The van der Waals surface area contributed by atoms with E-state index in [2.05, 4.69) is 25.7 Å². The third kappa shape index (κ3) is 2.38. The number of carboxylic acids is 1. The Morgan fingerprint density at radius 3 is 2.91 bits per heavy atom. The molecule has 2 aromatic heterocycles. The first-order valence-electron chi connectivity index (χ1n) is 7.08. The molecule has 0 fully saturated rings. The number of benzene rings is 2. The summed E-state index contributed by atoms with van der Waals surface area (Å²) in [6.07, 6.45) is 1.79. The number of anilines is 1. The van der Waals surface area contributed by atoms with Gasteiger partial charge in [0, 0.05) is 23.0 Å². The van der Waals surface area contributed by atoms with Crippen LogP contribution in [0.3, 0.4) is 0 Å². The summed E-state index contributed by atoms with van der Waals surface area (Å²) in [5.41, 5.74) is 3.74. The highest BCUT2D eigenvalue weighted by Crippen LogP contribution is 2.21. The van der Waals surface area contributed by atoms with Gasteiger partial charge < -0.3 is 10.4 Å². The SMILES string of the molecule is O=C(O)c1n[nH]c2cc(NCc3ccc4cn[nH]c4c3)ccc12. The maximum absolute atomic E-state index is 11.1. The van der Waals surface area contributed by atoms with Crippen molar-refractivity contribution in [1.29, 1.82) is 0 Å². The number of aromatic amines is 2. The lowest BCUT2D eigenvalue weighted by Gasteiger charge is -2.07. The molecule has 7 nitrogen and oxygen atoms in total. The van der Waals surface area contributed by atoms with Crippen molar-refractivity contribution in [3.63, 3.8) is 0 Å². The number of nitrogens with zero attached hydrogens (tertiary/aromatic N) is 2. The van der Waals surface area contributed by atoms with E-state index < -0.39 is 5.97 Å². The summed E-state index contributed by atoms with van der Waals surface area (Å²) in [5, 5.41) is 27.6. The zero-order chi connectivity index (χ0) is 15.8. The molecular formula is C16H13N5O2. The third-order valence-electron chi connectivity index (χ3n) is 3.77. The Bertz CT molecular complexity index is 1020. The van der Waals surface area contributed by atoms with E-state index in [1.165, 1.54) is 0 Å². The van der Waals surface area contributed by atoms with Crippen LogP contribution in [-0.4, -0.2) is 31.5 Å². The quantitative estimate of drug-likeness (QED) is 0.464. The molecule has 0 saturated heterocycles. The molecule has 0 saturated carbocycles.